The monoisotopic (exact) mass is 314 g/mol. The van der Waals surface area contributed by atoms with E-state index < -0.39 is 0 Å². The summed E-state index contributed by atoms with van der Waals surface area (Å²) in [5.41, 5.74) is 0.900. The van der Waals surface area contributed by atoms with Crippen LogP contribution in [0.3, 0.4) is 0 Å². The largest absolute Gasteiger partial charge is 0.437 e. The fourth-order valence-corrected chi connectivity index (χ4v) is 2.31. The first-order chi connectivity index (χ1) is 9.24. The zero-order valence-electron chi connectivity index (χ0n) is 10.3. The molecule has 3 aromatic rings. The van der Waals surface area contributed by atoms with E-state index in [1.807, 2.05) is 55.5 Å². The van der Waals surface area contributed by atoms with Crippen molar-refractivity contribution in [3.63, 3.8) is 0 Å². The van der Waals surface area contributed by atoms with E-state index in [0.717, 1.165) is 26.7 Å². The van der Waals surface area contributed by atoms with E-state index in [9.17, 15) is 0 Å². The third-order valence-electron chi connectivity index (χ3n) is 2.85. The number of aromatic nitrogens is 2. The number of halogens is 1. The molecule has 0 amide bonds. The van der Waals surface area contributed by atoms with Crippen molar-refractivity contribution in [3.8, 4) is 11.6 Å². The van der Waals surface area contributed by atoms with Crippen molar-refractivity contribution in [1.82, 2.24) is 10.2 Å². The van der Waals surface area contributed by atoms with E-state index >= 15 is 0 Å². The van der Waals surface area contributed by atoms with Crippen LogP contribution >= 0.6 is 15.9 Å². The first-order valence-electron chi connectivity index (χ1n) is 5.89. The molecule has 0 aliphatic heterocycles. The van der Waals surface area contributed by atoms with Crippen LogP contribution in [0.2, 0.25) is 0 Å². The summed E-state index contributed by atoms with van der Waals surface area (Å²) in [4.78, 5) is 0. The van der Waals surface area contributed by atoms with Gasteiger partial charge in [-0.15, -0.1) is 5.10 Å². The van der Waals surface area contributed by atoms with Crippen LogP contribution in [0.15, 0.2) is 53.0 Å². The summed E-state index contributed by atoms with van der Waals surface area (Å²) in [5, 5.41) is 10.3. The van der Waals surface area contributed by atoms with Gasteiger partial charge in [0.05, 0.1) is 5.69 Å². The Labute approximate surface area is 119 Å². The molecule has 1 aromatic heterocycles. The number of benzene rings is 2. The average Bonchev–Trinajstić information content (AvgIpc) is 2.42. The van der Waals surface area contributed by atoms with Crippen LogP contribution in [0.1, 0.15) is 5.69 Å². The van der Waals surface area contributed by atoms with Crippen LogP contribution in [0.4, 0.5) is 0 Å². The molecule has 0 N–H and O–H groups in total. The summed E-state index contributed by atoms with van der Waals surface area (Å²) in [5.74, 6) is 1.26. The molecular formula is C15H11BrN2O. The lowest BCUT2D eigenvalue weighted by Gasteiger charge is -2.08. The number of fused-ring (bicyclic) bond motifs is 1. The van der Waals surface area contributed by atoms with Crippen LogP contribution in [0.25, 0.3) is 10.8 Å². The third-order valence-corrected chi connectivity index (χ3v) is 3.34. The lowest BCUT2D eigenvalue weighted by Crippen LogP contribution is -1.95. The molecule has 94 valence electrons. The number of aryl methyl sites for hydroxylation is 1. The second-order valence-electron chi connectivity index (χ2n) is 4.20. The van der Waals surface area contributed by atoms with Gasteiger partial charge in [0.15, 0.2) is 0 Å². The highest BCUT2D eigenvalue weighted by Gasteiger charge is 2.08. The Kier molecular flexibility index (Phi) is 3.17. The molecule has 3 rings (SSSR count). The fourth-order valence-electron chi connectivity index (χ4n) is 1.93. The molecule has 0 unspecified atom stereocenters. The Morgan fingerprint density at radius 3 is 2.53 bits per heavy atom. The normalized spacial score (nSPS) is 10.6. The summed E-state index contributed by atoms with van der Waals surface area (Å²) < 4.78 is 6.79. The molecule has 0 atom stereocenters. The predicted molar refractivity (Wildman–Crippen MR) is 78.5 cm³/mol. The van der Waals surface area contributed by atoms with Gasteiger partial charge in [0, 0.05) is 15.2 Å². The van der Waals surface area contributed by atoms with E-state index in [4.69, 9.17) is 4.74 Å². The molecular weight excluding hydrogens is 304 g/mol. The first-order valence-corrected chi connectivity index (χ1v) is 6.69. The summed E-state index contributed by atoms with van der Waals surface area (Å²) in [6.45, 7) is 1.94. The molecule has 4 heteroatoms. The molecule has 2 aromatic carbocycles. The molecule has 0 saturated carbocycles. The minimum absolute atomic E-state index is 0.527. The maximum Gasteiger partial charge on any atom is 0.246 e. The summed E-state index contributed by atoms with van der Waals surface area (Å²) in [7, 11) is 0. The number of ether oxygens (including phenoxy) is 1. The minimum Gasteiger partial charge on any atom is -0.437 e. The Morgan fingerprint density at radius 1 is 0.947 bits per heavy atom. The van der Waals surface area contributed by atoms with Crippen LogP contribution in [0.5, 0.6) is 11.6 Å². The van der Waals surface area contributed by atoms with Crippen molar-refractivity contribution in [2.24, 2.45) is 0 Å². The summed E-state index contributed by atoms with van der Waals surface area (Å²) >= 11 is 3.42. The van der Waals surface area contributed by atoms with Gasteiger partial charge in [-0.3, -0.25) is 0 Å². The Bertz CT molecular complexity index is 743. The van der Waals surface area contributed by atoms with Gasteiger partial charge in [-0.05, 0) is 31.2 Å². The van der Waals surface area contributed by atoms with Gasteiger partial charge in [0.2, 0.25) is 5.88 Å². The Balaban J connectivity index is 2.09. The third kappa shape index (κ3) is 2.44. The van der Waals surface area contributed by atoms with E-state index in [1.165, 1.54) is 0 Å². The minimum atomic E-state index is 0.527. The fraction of sp³-hybridized carbons (Fsp3) is 0.0667. The van der Waals surface area contributed by atoms with Crippen molar-refractivity contribution in [2.75, 3.05) is 0 Å². The SMILES string of the molecule is Cc1nnc(Oc2cccc(Br)c2)c2ccccc12. The maximum absolute atomic E-state index is 5.82. The van der Waals surface area contributed by atoms with Gasteiger partial charge in [0.1, 0.15) is 5.75 Å². The van der Waals surface area contributed by atoms with Gasteiger partial charge in [-0.25, -0.2) is 0 Å². The quantitative estimate of drug-likeness (QED) is 0.699. The van der Waals surface area contributed by atoms with Gasteiger partial charge < -0.3 is 4.74 Å². The topological polar surface area (TPSA) is 35.0 Å². The summed E-state index contributed by atoms with van der Waals surface area (Å²) in [6.07, 6.45) is 0. The molecule has 1 heterocycles. The van der Waals surface area contributed by atoms with Gasteiger partial charge in [-0.2, -0.15) is 5.10 Å². The lowest BCUT2D eigenvalue weighted by atomic mass is 10.1. The average molecular weight is 315 g/mol. The van der Waals surface area contributed by atoms with E-state index in [1.54, 1.807) is 0 Å². The molecule has 0 radical (unpaired) electrons. The smallest absolute Gasteiger partial charge is 0.246 e. The van der Waals surface area contributed by atoms with E-state index in [2.05, 4.69) is 26.1 Å². The highest BCUT2D eigenvalue weighted by atomic mass is 79.9. The Morgan fingerprint density at radius 2 is 1.74 bits per heavy atom. The Hall–Kier alpha value is -1.94. The van der Waals surface area contributed by atoms with Crippen molar-refractivity contribution >= 4 is 26.7 Å². The van der Waals surface area contributed by atoms with Gasteiger partial charge in [0.25, 0.3) is 0 Å². The second-order valence-corrected chi connectivity index (χ2v) is 5.11. The predicted octanol–water partition coefficient (Wildman–Crippen LogP) is 4.49. The second kappa shape index (κ2) is 4.97. The number of hydrogen-bond acceptors (Lipinski definition) is 3. The molecule has 3 nitrogen and oxygen atoms in total. The lowest BCUT2D eigenvalue weighted by molar-refractivity contribution is 0.461. The number of hydrogen-bond donors (Lipinski definition) is 0. The van der Waals surface area contributed by atoms with Gasteiger partial charge in [-0.1, -0.05) is 40.2 Å². The molecule has 0 bridgehead atoms. The van der Waals surface area contributed by atoms with Crippen molar-refractivity contribution in [2.45, 2.75) is 6.92 Å². The first kappa shape index (κ1) is 12.1. The van der Waals surface area contributed by atoms with E-state index in [-0.39, 0.29) is 0 Å². The molecule has 0 saturated heterocycles. The van der Waals surface area contributed by atoms with Crippen molar-refractivity contribution in [1.29, 1.82) is 0 Å². The molecule has 0 spiro atoms. The number of nitrogens with zero attached hydrogens (tertiary/aromatic N) is 2. The van der Waals surface area contributed by atoms with Crippen molar-refractivity contribution in [3.05, 3.63) is 58.7 Å². The summed E-state index contributed by atoms with van der Waals surface area (Å²) in [6, 6.07) is 15.6. The highest BCUT2D eigenvalue weighted by molar-refractivity contribution is 9.10. The molecule has 0 fully saturated rings. The standard InChI is InChI=1S/C15H11BrN2O/c1-10-13-7-2-3-8-14(13)15(18-17-10)19-12-6-4-5-11(16)9-12/h2-9H,1H3. The molecule has 0 aliphatic carbocycles. The van der Waals surface area contributed by atoms with Gasteiger partial charge >= 0.3 is 0 Å². The van der Waals surface area contributed by atoms with Crippen molar-refractivity contribution < 1.29 is 4.74 Å². The zero-order chi connectivity index (χ0) is 13.2. The van der Waals surface area contributed by atoms with Crippen LogP contribution in [0, 0.1) is 6.92 Å². The molecule has 0 aliphatic rings. The zero-order valence-corrected chi connectivity index (χ0v) is 11.9. The van der Waals surface area contributed by atoms with Crippen LogP contribution in [-0.2, 0) is 0 Å². The van der Waals surface area contributed by atoms with Crippen LogP contribution < -0.4 is 4.74 Å². The molecule has 19 heavy (non-hydrogen) atoms. The highest BCUT2D eigenvalue weighted by Crippen LogP contribution is 2.29. The van der Waals surface area contributed by atoms with Crippen LogP contribution in [-0.4, -0.2) is 10.2 Å². The maximum atomic E-state index is 5.82. The van der Waals surface area contributed by atoms with E-state index in [0.29, 0.717) is 5.88 Å². The number of rotatable bonds is 2.